The van der Waals surface area contributed by atoms with Gasteiger partial charge in [0.25, 0.3) is 5.91 Å². The van der Waals surface area contributed by atoms with Gasteiger partial charge < -0.3 is 20.3 Å². The van der Waals surface area contributed by atoms with E-state index in [1.54, 1.807) is 7.05 Å². The fraction of sp³-hybridized carbons (Fsp3) is 0.471. The molecule has 1 aromatic carbocycles. The van der Waals surface area contributed by atoms with Crippen LogP contribution in [0.2, 0.25) is 0 Å². The number of benzene rings is 1. The Balaban J connectivity index is 1.77. The number of likely N-dealkylation sites (N-methyl/N-ethyl adjacent to an activating group) is 1. The lowest BCUT2D eigenvalue weighted by molar-refractivity contribution is -0.145. The average molecular weight is 346 g/mol. The van der Waals surface area contributed by atoms with Crippen LogP contribution in [0.3, 0.4) is 0 Å². The molecule has 1 aromatic rings. The summed E-state index contributed by atoms with van der Waals surface area (Å²) in [6.45, 7) is 1.14. The minimum atomic E-state index is -0.936. The van der Waals surface area contributed by atoms with Crippen LogP contribution in [0, 0.1) is 5.92 Å². The van der Waals surface area contributed by atoms with Crippen LogP contribution in [0.4, 0.5) is 4.79 Å². The molecule has 2 aliphatic heterocycles. The van der Waals surface area contributed by atoms with Gasteiger partial charge in [0, 0.05) is 20.2 Å². The van der Waals surface area contributed by atoms with Gasteiger partial charge in [0.2, 0.25) is 5.91 Å². The first-order chi connectivity index (χ1) is 12.0. The van der Waals surface area contributed by atoms with Gasteiger partial charge in [-0.2, -0.15) is 0 Å². The van der Waals surface area contributed by atoms with Crippen LogP contribution in [0.5, 0.6) is 0 Å². The maximum atomic E-state index is 12.6. The topological polar surface area (TPSA) is 105 Å². The van der Waals surface area contributed by atoms with Gasteiger partial charge in [-0.1, -0.05) is 30.3 Å². The number of carbonyl (C=O) groups excluding carboxylic acids is 3. The van der Waals surface area contributed by atoms with E-state index in [1.807, 2.05) is 30.3 Å². The summed E-state index contributed by atoms with van der Waals surface area (Å²) in [7, 11) is 1.54. The van der Waals surface area contributed by atoms with Crippen molar-refractivity contribution in [1.82, 2.24) is 15.1 Å². The van der Waals surface area contributed by atoms with Crippen LogP contribution in [-0.4, -0.2) is 60.1 Å². The largest absolute Gasteiger partial charge is 0.381 e. The molecule has 3 atom stereocenters. The van der Waals surface area contributed by atoms with E-state index in [0.29, 0.717) is 19.6 Å². The summed E-state index contributed by atoms with van der Waals surface area (Å²) in [5.74, 6) is -1.02. The highest BCUT2D eigenvalue weighted by molar-refractivity contribution is 6.01. The van der Waals surface area contributed by atoms with Gasteiger partial charge in [-0.25, -0.2) is 4.79 Å². The Hall–Kier alpha value is -2.45. The number of nitrogens with one attached hydrogen (secondary N) is 1. The molecule has 3 N–H and O–H groups in total. The number of imide groups is 1. The summed E-state index contributed by atoms with van der Waals surface area (Å²) >= 11 is 0. The van der Waals surface area contributed by atoms with E-state index in [9.17, 15) is 14.4 Å². The zero-order valence-corrected chi connectivity index (χ0v) is 14.1. The van der Waals surface area contributed by atoms with Crippen molar-refractivity contribution >= 4 is 17.8 Å². The fourth-order valence-electron chi connectivity index (χ4n) is 3.23. The Kier molecular flexibility index (Phi) is 5.00. The molecule has 0 aromatic heterocycles. The fourth-order valence-corrected chi connectivity index (χ4v) is 3.23. The molecular formula is C17H22N4O4. The number of nitrogens with zero attached hydrogens (tertiary/aromatic N) is 2. The Morgan fingerprint density at radius 2 is 2.08 bits per heavy atom. The van der Waals surface area contributed by atoms with Gasteiger partial charge in [-0.05, 0) is 12.0 Å². The lowest BCUT2D eigenvalue weighted by atomic mass is 10.0. The highest BCUT2D eigenvalue weighted by Crippen LogP contribution is 2.20. The number of amides is 4. The molecule has 2 fully saturated rings. The Morgan fingerprint density at radius 1 is 1.36 bits per heavy atom. The molecule has 2 heterocycles. The molecule has 25 heavy (non-hydrogen) atoms. The SMILES string of the molecule is CN(C(=O)C1CCOC1)C1C(=O)NC(=O)N(Cc2ccccc2)C1N. The number of carbonyl (C=O) groups is 3. The predicted molar refractivity (Wildman–Crippen MR) is 89.0 cm³/mol. The third kappa shape index (κ3) is 3.49. The van der Waals surface area contributed by atoms with Crippen molar-refractivity contribution in [2.45, 2.75) is 25.2 Å². The van der Waals surface area contributed by atoms with Crippen molar-refractivity contribution in [1.29, 1.82) is 0 Å². The third-order valence-corrected chi connectivity index (χ3v) is 4.68. The lowest BCUT2D eigenvalue weighted by Crippen LogP contribution is -2.70. The van der Waals surface area contributed by atoms with Gasteiger partial charge in [-0.15, -0.1) is 0 Å². The number of rotatable bonds is 4. The van der Waals surface area contributed by atoms with Crippen LogP contribution in [0.15, 0.2) is 30.3 Å². The van der Waals surface area contributed by atoms with Crippen LogP contribution >= 0.6 is 0 Å². The van der Waals surface area contributed by atoms with Crippen LogP contribution in [0.25, 0.3) is 0 Å². The van der Waals surface area contributed by atoms with Gasteiger partial charge >= 0.3 is 6.03 Å². The second-order valence-corrected chi connectivity index (χ2v) is 6.35. The Bertz CT molecular complexity index is 660. The van der Waals surface area contributed by atoms with Gasteiger partial charge in [0.15, 0.2) is 0 Å². The number of hydrogen-bond donors (Lipinski definition) is 2. The average Bonchev–Trinajstić information content (AvgIpc) is 3.13. The molecule has 8 heteroatoms. The smallest absolute Gasteiger partial charge is 0.325 e. The van der Waals surface area contributed by atoms with Crippen molar-refractivity contribution in [2.24, 2.45) is 11.7 Å². The number of ether oxygens (including phenoxy) is 1. The van der Waals surface area contributed by atoms with E-state index < -0.39 is 24.1 Å². The third-order valence-electron chi connectivity index (χ3n) is 4.68. The molecule has 0 spiro atoms. The lowest BCUT2D eigenvalue weighted by Gasteiger charge is -2.42. The summed E-state index contributed by atoms with van der Waals surface area (Å²) in [6, 6.07) is 7.86. The summed E-state index contributed by atoms with van der Waals surface area (Å²) in [4.78, 5) is 39.8. The summed E-state index contributed by atoms with van der Waals surface area (Å²) in [5, 5.41) is 2.30. The van der Waals surface area contributed by atoms with Crippen molar-refractivity contribution in [2.75, 3.05) is 20.3 Å². The zero-order chi connectivity index (χ0) is 18.0. The number of hydrogen-bond acceptors (Lipinski definition) is 5. The molecule has 0 bridgehead atoms. The first-order valence-electron chi connectivity index (χ1n) is 8.24. The van der Waals surface area contributed by atoms with Crippen molar-refractivity contribution < 1.29 is 19.1 Å². The van der Waals surface area contributed by atoms with E-state index in [-0.39, 0.29) is 18.4 Å². The van der Waals surface area contributed by atoms with E-state index in [2.05, 4.69) is 5.32 Å². The van der Waals surface area contributed by atoms with Crippen LogP contribution < -0.4 is 11.1 Å². The Morgan fingerprint density at radius 3 is 2.72 bits per heavy atom. The number of urea groups is 1. The predicted octanol–water partition coefficient (Wildman–Crippen LogP) is -0.113. The molecule has 2 saturated heterocycles. The van der Waals surface area contributed by atoms with E-state index in [4.69, 9.17) is 10.5 Å². The molecule has 3 rings (SSSR count). The van der Waals surface area contributed by atoms with Gasteiger partial charge in [0.1, 0.15) is 12.2 Å². The molecular weight excluding hydrogens is 324 g/mol. The second kappa shape index (κ2) is 7.20. The van der Waals surface area contributed by atoms with E-state index >= 15 is 0 Å². The normalized spacial score (nSPS) is 26.5. The van der Waals surface area contributed by atoms with Gasteiger partial charge in [-0.3, -0.25) is 14.9 Å². The molecule has 4 amide bonds. The quantitative estimate of drug-likeness (QED) is 0.791. The Labute approximate surface area is 145 Å². The molecule has 2 aliphatic rings. The standard InChI is InChI=1S/C17H22N4O4/c1-20(16(23)12-7-8-25-10-12)13-14(18)21(17(24)19-15(13)22)9-11-5-3-2-4-6-11/h2-6,12-14H,7-10,18H2,1H3,(H,19,22,24). The summed E-state index contributed by atoms with van der Waals surface area (Å²) in [5.41, 5.74) is 7.10. The molecule has 0 radical (unpaired) electrons. The molecule has 134 valence electrons. The highest BCUT2D eigenvalue weighted by Gasteiger charge is 2.44. The van der Waals surface area contributed by atoms with Crippen LogP contribution in [-0.2, 0) is 20.9 Å². The van der Waals surface area contributed by atoms with Gasteiger partial charge in [0.05, 0.1) is 12.5 Å². The van der Waals surface area contributed by atoms with Crippen LogP contribution in [0.1, 0.15) is 12.0 Å². The zero-order valence-electron chi connectivity index (χ0n) is 14.1. The molecule has 0 aliphatic carbocycles. The highest BCUT2D eigenvalue weighted by atomic mass is 16.5. The number of nitrogens with two attached hydrogens (primary N) is 1. The van der Waals surface area contributed by atoms with E-state index in [0.717, 1.165) is 5.56 Å². The molecule has 3 unspecified atom stereocenters. The second-order valence-electron chi connectivity index (χ2n) is 6.35. The van der Waals surface area contributed by atoms with Crippen molar-refractivity contribution in [3.8, 4) is 0 Å². The summed E-state index contributed by atoms with van der Waals surface area (Å²) < 4.78 is 5.24. The summed E-state index contributed by atoms with van der Waals surface area (Å²) in [6.07, 6.45) is -0.294. The van der Waals surface area contributed by atoms with Crippen molar-refractivity contribution in [3.63, 3.8) is 0 Å². The first kappa shape index (κ1) is 17.4. The maximum absolute atomic E-state index is 12.6. The maximum Gasteiger partial charge on any atom is 0.325 e. The molecule has 8 nitrogen and oxygen atoms in total. The van der Waals surface area contributed by atoms with E-state index in [1.165, 1.54) is 9.80 Å². The first-order valence-corrected chi connectivity index (χ1v) is 8.24. The van der Waals surface area contributed by atoms with Crippen molar-refractivity contribution in [3.05, 3.63) is 35.9 Å². The minimum absolute atomic E-state index is 0.192. The monoisotopic (exact) mass is 346 g/mol. The minimum Gasteiger partial charge on any atom is -0.381 e. The molecule has 0 saturated carbocycles.